The lowest BCUT2D eigenvalue weighted by Gasteiger charge is -2.18. The molecule has 0 aliphatic carbocycles. The molecule has 16 nitrogen and oxygen atoms in total. The zero-order valence-corrected chi connectivity index (χ0v) is 15.5. The Balaban J connectivity index is 1.80. The van der Waals surface area contributed by atoms with Gasteiger partial charge >= 0.3 is 15.6 Å². The number of nitrogens with zero attached hydrogens (tertiary/aromatic N) is 4. The molecule has 0 amide bonds. The number of rotatable bonds is 6. The number of hydrogen-bond acceptors (Lipinski definition) is 12. The predicted molar refractivity (Wildman–Crippen MR) is 89.0 cm³/mol. The van der Waals surface area contributed by atoms with Gasteiger partial charge in [-0.15, -0.1) is 0 Å². The highest BCUT2D eigenvalue weighted by molar-refractivity contribution is 7.60. The van der Waals surface area contributed by atoms with Crippen molar-refractivity contribution in [2.45, 2.75) is 24.5 Å². The van der Waals surface area contributed by atoms with Gasteiger partial charge in [0.2, 0.25) is 5.95 Å². The molecule has 3 rings (SSSR count). The minimum absolute atomic E-state index is 0.0131. The van der Waals surface area contributed by atoms with Crippen molar-refractivity contribution in [3.05, 3.63) is 6.33 Å². The van der Waals surface area contributed by atoms with Crippen molar-refractivity contribution in [2.75, 3.05) is 18.1 Å². The number of hydrogen-bond donors (Lipinski definition) is 7. The van der Waals surface area contributed by atoms with E-state index in [1.165, 1.54) is 0 Å². The Bertz CT molecular complexity index is 979. The van der Waals surface area contributed by atoms with Crippen molar-refractivity contribution in [1.82, 2.24) is 19.5 Å². The summed E-state index contributed by atoms with van der Waals surface area (Å²) in [5, 5.41) is 20.4. The lowest BCUT2D eigenvalue weighted by atomic mass is 10.1. The highest BCUT2D eigenvalue weighted by atomic mass is 31.3. The molecule has 28 heavy (non-hydrogen) atoms. The van der Waals surface area contributed by atoms with Crippen LogP contribution in [0.5, 0.6) is 0 Å². The van der Waals surface area contributed by atoms with Crippen LogP contribution >= 0.6 is 15.6 Å². The third kappa shape index (κ3) is 4.16. The first-order chi connectivity index (χ1) is 12.9. The van der Waals surface area contributed by atoms with Gasteiger partial charge in [-0.05, 0) is 0 Å². The summed E-state index contributed by atoms with van der Waals surface area (Å²) in [6, 6.07) is 0. The van der Waals surface area contributed by atoms with Gasteiger partial charge in [0.25, 0.3) is 0 Å². The maximum absolute atomic E-state index is 11.5. The van der Waals surface area contributed by atoms with Gasteiger partial charge in [-0.25, -0.2) is 24.1 Å². The Kier molecular flexibility index (Phi) is 5.46. The summed E-state index contributed by atoms with van der Waals surface area (Å²) in [6.45, 7) is -0.855. The molecule has 0 saturated carbocycles. The van der Waals surface area contributed by atoms with Gasteiger partial charge < -0.3 is 41.1 Å². The lowest BCUT2D eigenvalue weighted by Crippen LogP contribution is -2.33. The van der Waals surface area contributed by atoms with Gasteiger partial charge in [0.1, 0.15) is 24.6 Å². The van der Waals surface area contributed by atoms with Crippen LogP contribution in [0.4, 0.5) is 11.8 Å². The van der Waals surface area contributed by atoms with Crippen molar-refractivity contribution in [3.8, 4) is 0 Å². The number of phosphoric acid groups is 2. The Labute approximate surface area is 155 Å². The molecule has 18 heteroatoms. The van der Waals surface area contributed by atoms with E-state index >= 15 is 0 Å². The number of nitrogens with two attached hydrogens (primary N) is 2. The van der Waals surface area contributed by atoms with Crippen LogP contribution in [0, 0.1) is 0 Å². The molecule has 156 valence electrons. The van der Waals surface area contributed by atoms with Gasteiger partial charge in [-0.2, -0.15) is 4.31 Å². The zero-order chi connectivity index (χ0) is 20.9. The minimum Gasteiger partial charge on any atom is -0.387 e. The largest absolute Gasteiger partial charge is 0.481 e. The summed E-state index contributed by atoms with van der Waals surface area (Å²) in [4.78, 5) is 38.1. The number of fused-ring (bicyclic) bond motifs is 1. The van der Waals surface area contributed by atoms with E-state index in [1.807, 2.05) is 0 Å². The molecule has 3 heterocycles. The maximum atomic E-state index is 11.5. The lowest BCUT2D eigenvalue weighted by molar-refractivity contribution is -0.0493. The number of imidazole rings is 1. The van der Waals surface area contributed by atoms with Crippen LogP contribution in [0.3, 0.4) is 0 Å². The van der Waals surface area contributed by atoms with E-state index in [-0.39, 0.29) is 22.9 Å². The maximum Gasteiger partial charge on any atom is 0.481 e. The Hall–Kier alpha value is -1.71. The van der Waals surface area contributed by atoms with Crippen LogP contribution in [-0.2, 0) is 22.7 Å². The second-order valence-corrected chi connectivity index (χ2v) is 8.48. The SMILES string of the molecule is Nc1ncnc2c1nc(N)n2[C@@H]1O[C@H](COP(=O)(O)OP(=O)(O)O)[C@@H](O)[C@H]1O. The molecular formula is C10H16N6O10P2. The van der Waals surface area contributed by atoms with E-state index in [2.05, 4.69) is 23.8 Å². The van der Waals surface area contributed by atoms with Crippen molar-refractivity contribution in [2.24, 2.45) is 0 Å². The van der Waals surface area contributed by atoms with Crippen LogP contribution in [0.1, 0.15) is 6.23 Å². The third-order valence-electron chi connectivity index (χ3n) is 3.74. The molecule has 9 N–H and O–H groups in total. The van der Waals surface area contributed by atoms with Crippen molar-refractivity contribution >= 4 is 38.6 Å². The standard InChI is InChI=1S/C10H16N6O10P2/c11-7-4-8(14-2-13-7)16(10(12)15-4)9-6(18)5(17)3(25-9)1-24-28(22,23)26-27(19,20)21/h2-3,5-6,9,17-18H,1H2,(H2,12,15)(H,22,23)(H2,11,13,14)(H2,19,20,21)/t3-,5-,6-,9-/m1/s1. The fourth-order valence-electron chi connectivity index (χ4n) is 2.60. The van der Waals surface area contributed by atoms with Crippen LogP contribution in [0.25, 0.3) is 11.2 Å². The van der Waals surface area contributed by atoms with E-state index < -0.39 is 46.8 Å². The highest BCUT2D eigenvalue weighted by Gasteiger charge is 2.46. The average Bonchev–Trinajstić information content (AvgIpc) is 3.02. The molecule has 0 aromatic carbocycles. The molecule has 0 bridgehead atoms. The first kappa shape index (κ1) is 21.0. The second kappa shape index (κ2) is 7.27. The topological polar surface area (TPSA) is 259 Å². The molecule has 5 atom stereocenters. The highest BCUT2D eigenvalue weighted by Crippen LogP contribution is 2.57. The molecule has 1 aliphatic heterocycles. The van der Waals surface area contributed by atoms with Crippen molar-refractivity contribution < 1.29 is 47.6 Å². The Morgan fingerprint density at radius 3 is 2.50 bits per heavy atom. The normalized spacial score (nSPS) is 27.9. The van der Waals surface area contributed by atoms with Crippen LogP contribution in [-0.4, -0.2) is 69.3 Å². The predicted octanol–water partition coefficient (Wildman–Crippen LogP) is -2.16. The smallest absolute Gasteiger partial charge is 0.387 e. The fraction of sp³-hybridized carbons (Fsp3) is 0.500. The number of anilines is 2. The van der Waals surface area contributed by atoms with E-state index in [0.29, 0.717) is 0 Å². The Morgan fingerprint density at radius 2 is 1.86 bits per heavy atom. The number of ether oxygens (including phenoxy) is 1. The number of aliphatic hydroxyl groups is 2. The summed E-state index contributed by atoms with van der Waals surface area (Å²) in [5.41, 5.74) is 11.7. The van der Waals surface area contributed by atoms with E-state index in [4.69, 9.17) is 26.0 Å². The summed E-state index contributed by atoms with van der Waals surface area (Å²) < 4.78 is 36.7. The molecule has 1 saturated heterocycles. The first-order valence-electron chi connectivity index (χ1n) is 7.39. The summed E-state index contributed by atoms with van der Waals surface area (Å²) in [6.07, 6.45) is -4.82. The molecular weight excluding hydrogens is 426 g/mol. The number of aliphatic hydroxyl groups excluding tert-OH is 2. The van der Waals surface area contributed by atoms with Gasteiger partial charge in [-0.3, -0.25) is 9.09 Å². The molecule has 0 spiro atoms. The van der Waals surface area contributed by atoms with E-state index in [1.54, 1.807) is 0 Å². The fourth-order valence-corrected chi connectivity index (χ4v) is 4.20. The molecule has 2 aromatic heterocycles. The van der Waals surface area contributed by atoms with Gasteiger partial charge in [-0.1, -0.05) is 0 Å². The number of aromatic nitrogens is 4. The molecule has 1 unspecified atom stereocenters. The van der Waals surface area contributed by atoms with Crippen LogP contribution in [0.15, 0.2) is 6.33 Å². The molecule has 1 aliphatic rings. The summed E-state index contributed by atoms with van der Waals surface area (Å²) >= 11 is 0. The quantitative estimate of drug-likeness (QED) is 0.235. The van der Waals surface area contributed by atoms with Gasteiger partial charge in [0.15, 0.2) is 23.2 Å². The first-order valence-corrected chi connectivity index (χ1v) is 10.4. The van der Waals surface area contributed by atoms with Crippen molar-refractivity contribution in [1.29, 1.82) is 0 Å². The van der Waals surface area contributed by atoms with Crippen LogP contribution in [0.2, 0.25) is 0 Å². The van der Waals surface area contributed by atoms with E-state index in [9.17, 15) is 24.2 Å². The van der Waals surface area contributed by atoms with Gasteiger partial charge in [0, 0.05) is 0 Å². The minimum atomic E-state index is -5.31. The number of phosphoric ester groups is 1. The molecule has 0 radical (unpaired) electrons. The second-order valence-electron chi connectivity index (χ2n) is 5.65. The third-order valence-corrected chi connectivity index (χ3v) is 5.89. The Morgan fingerprint density at radius 1 is 1.18 bits per heavy atom. The van der Waals surface area contributed by atoms with Gasteiger partial charge in [0.05, 0.1) is 6.61 Å². The monoisotopic (exact) mass is 442 g/mol. The average molecular weight is 442 g/mol. The number of nitrogen functional groups attached to an aromatic ring is 2. The van der Waals surface area contributed by atoms with E-state index in [0.717, 1.165) is 10.9 Å². The van der Waals surface area contributed by atoms with Crippen LogP contribution < -0.4 is 11.5 Å². The molecule has 2 aromatic rings. The van der Waals surface area contributed by atoms with Crippen molar-refractivity contribution in [3.63, 3.8) is 0 Å². The summed E-state index contributed by atoms with van der Waals surface area (Å²) in [7, 11) is -10.5. The summed E-state index contributed by atoms with van der Waals surface area (Å²) in [5.74, 6) is -0.156. The molecule has 1 fully saturated rings. The zero-order valence-electron chi connectivity index (χ0n) is 13.7.